The Morgan fingerprint density at radius 2 is 2.30 bits per heavy atom. The number of aromatic nitrogens is 2. The predicted octanol–water partition coefficient (Wildman–Crippen LogP) is 1.93. The molecule has 3 rings (SSSR count). The molecule has 0 saturated carbocycles. The van der Waals surface area contributed by atoms with E-state index in [2.05, 4.69) is 39.4 Å². The third-order valence-corrected chi connectivity index (χ3v) is 4.79. The van der Waals surface area contributed by atoms with Crippen LogP contribution < -0.4 is 10.1 Å². The topological polar surface area (TPSA) is 63.9 Å². The quantitative estimate of drug-likeness (QED) is 0.643. The highest BCUT2D eigenvalue weighted by Gasteiger charge is 2.25. The Morgan fingerprint density at radius 3 is 3.00 bits per heavy atom. The summed E-state index contributed by atoms with van der Waals surface area (Å²) in [6.07, 6.45) is 4.77. The van der Waals surface area contributed by atoms with Gasteiger partial charge in [-0.2, -0.15) is 5.10 Å². The summed E-state index contributed by atoms with van der Waals surface area (Å²) in [5, 5.41) is 7.73. The summed E-state index contributed by atoms with van der Waals surface area (Å²) in [5.41, 5.74) is 3.54. The first-order chi connectivity index (χ1) is 13.1. The smallest absolute Gasteiger partial charge is 0.193 e. The van der Waals surface area contributed by atoms with Crippen molar-refractivity contribution in [2.45, 2.75) is 19.4 Å². The van der Waals surface area contributed by atoms with E-state index in [9.17, 15) is 0 Å². The normalized spacial score (nSPS) is 17.9. The molecule has 0 aliphatic carbocycles. The van der Waals surface area contributed by atoms with E-state index in [4.69, 9.17) is 9.47 Å². The van der Waals surface area contributed by atoms with Crippen molar-refractivity contribution in [3.8, 4) is 5.75 Å². The van der Waals surface area contributed by atoms with Crippen LogP contribution in [0.1, 0.15) is 22.8 Å². The van der Waals surface area contributed by atoms with Gasteiger partial charge in [0.25, 0.3) is 0 Å². The van der Waals surface area contributed by atoms with Gasteiger partial charge in [-0.1, -0.05) is 17.7 Å². The predicted molar refractivity (Wildman–Crippen MR) is 106 cm³/mol. The van der Waals surface area contributed by atoms with Crippen molar-refractivity contribution in [3.05, 3.63) is 47.3 Å². The van der Waals surface area contributed by atoms with Crippen LogP contribution in [0, 0.1) is 6.92 Å². The van der Waals surface area contributed by atoms with Crippen LogP contribution in [0.4, 0.5) is 0 Å². The molecule has 1 atom stereocenters. The number of benzene rings is 1. The molecule has 2 heterocycles. The third-order valence-electron chi connectivity index (χ3n) is 4.79. The second kappa shape index (κ2) is 8.90. The number of hydrogen-bond acceptors (Lipinski definition) is 4. The lowest BCUT2D eigenvalue weighted by atomic mass is 10.1. The molecule has 1 aliphatic rings. The lowest BCUT2D eigenvalue weighted by Gasteiger charge is -2.34. The largest absolute Gasteiger partial charge is 0.496 e. The Balaban J connectivity index is 1.58. The molecule has 0 radical (unpaired) electrons. The molecule has 7 nitrogen and oxygen atoms in total. The lowest BCUT2D eigenvalue weighted by Crippen LogP contribution is -2.48. The molecule has 1 aliphatic heterocycles. The number of nitrogens with zero attached hydrogens (tertiary/aromatic N) is 4. The fourth-order valence-electron chi connectivity index (χ4n) is 3.39. The molecule has 1 aromatic carbocycles. The van der Waals surface area contributed by atoms with E-state index < -0.39 is 0 Å². The summed E-state index contributed by atoms with van der Waals surface area (Å²) >= 11 is 0. The Labute approximate surface area is 161 Å². The van der Waals surface area contributed by atoms with E-state index in [-0.39, 0.29) is 6.10 Å². The number of hydrogen-bond donors (Lipinski definition) is 1. The van der Waals surface area contributed by atoms with Crippen LogP contribution in [0.25, 0.3) is 0 Å². The van der Waals surface area contributed by atoms with E-state index in [0.717, 1.165) is 43.3 Å². The van der Waals surface area contributed by atoms with Gasteiger partial charge >= 0.3 is 0 Å². The number of morpholine rings is 1. The second-order valence-corrected chi connectivity index (χ2v) is 6.79. The van der Waals surface area contributed by atoms with Gasteiger partial charge in [0.05, 0.1) is 26.5 Å². The van der Waals surface area contributed by atoms with Crippen LogP contribution in [-0.4, -0.2) is 61.0 Å². The maximum absolute atomic E-state index is 5.93. The molecule has 0 bridgehead atoms. The Kier molecular flexibility index (Phi) is 6.34. The van der Waals surface area contributed by atoms with E-state index >= 15 is 0 Å². The summed E-state index contributed by atoms with van der Waals surface area (Å²) in [7, 11) is 5.46. The Bertz CT molecular complexity index is 786. The van der Waals surface area contributed by atoms with Crippen LogP contribution >= 0.6 is 0 Å². The fourth-order valence-corrected chi connectivity index (χ4v) is 3.39. The fraction of sp³-hybridized carbons (Fsp3) is 0.500. The minimum atomic E-state index is 0.0165. The highest BCUT2D eigenvalue weighted by molar-refractivity contribution is 5.80. The monoisotopic (exact) mass is 371 g/mol. The summed E-state index contributed by atoms with van der Waals surface area (Å²) in [6.45, 7) is 5.15. The Hall–Kier alpha value is -2.54. The van der Waals surface area contributed by atoms with Crippen molar-refractivity contribution in [2.24, 2.45) is 12.0 Å². The van der Waals surface area contributed by atoms with Gasteiger partial charge in [-0.05, 0) is 25.0 Å². The molecule has 0 amide bonds. The van der Waals surface area contributed by atoms with Crippen molar-refractivity contribution in [1.82, 2.24) is 20.0 Å². The zero-order valence-corrected chi connectivity index (χ0v) is 16.6. The number of rotatable bonds is 5. The van der Waals surface area contributed by atoms with E-state index in [1.165, 1.54) is 11.1 Å². The third kappa shape index (κ3) is 4.80. The molecule has 1 saturated heterocycles. The summed E-state index contributed by atoms with van der Waals surface area (Å²) in [6, 6.07) is 6.28. The van der Waals surface area contributed by atoms with E-state index in [1.807, 2.05) is 32.6 Å². The van der Waals surface area contributed by atoms with Gasteiger partial charge in [0.15, 0.2) is 5.96 Å². The number of aryl methyl sites for hydroxylation is 2. The van der Waals surface area contributed by atoms with E-state index in [1.54, 1.807) is 11.8 Å². The van der Waals surface area contributed by atoms with Crippen LogP contribution in [-0.2, 0) is 18.2 Å². The van der Waals surface area contributed by atoms with Gasteiger partial charge in [-0.15, -0.1) is 0 Å². The number of nitrogens with one attached hydrogen (secondary N) is 1. The van der Waals surface area contributed by atoms with Gasteiger partial charge < -0.3 is 19.7 Å². The van der Waals surface area contributed by atoms with Crippen LogP contribution in [0.2, 0.25) is 0 Å². The first-order valence-corrected chi connectivity index (χ1v) is 9.30. The van der Waals surface area contributed by atoms with Gasteiger partial charge in [0.2, 0.25) is 0 Å². The number of aliphatic imine (C=N–C) groups is 1. The molecule has 146 valence electrons. The van der Waals surface area contributed by atoms with Gasteiger partial charge in [0, 0.05) is 38.9 Å². The van der Waals surface area contributed by atoms with Crippen LogP contribution in [0.15, 0.2) is 35.6 Å². The molecular weight excluding hydrogens is 342 g/mol. The molecular formula is C20H29N5O2. The molecule has 1 aromatic heterocycles. The molecule has 1 unspecified atom stereocenters. The minimum absolute atomic E-state index is 0.0165. The van der Waals surface area contributed by atoms with Crippen molar-refractivity contribution < 1.29 is 9.47 Å². The zero-order valence-electron chi connectivity index (χ0n) is 16.6. The molecule has 1 fully saturated rings. The molecule has 7 heteroatoms. The average molecular weight is 371 g/mol. The zero-order chi connectivity index (χ0) is 19.2. The van der Waals surface area contributed by atoms with Crippen LogP contribution in [0.5, 0.6) is 5.75 Å². The summed E-state index contributed by atoms with van der Waals surface area (Å²) in [5.74, 6) is 1.83. The number of methoxy groups -OCH3 is 1. The second-order valence-electron chi connectivity index (χ2n) is 6.79. The van der Waals surface area contributed by atoms with Gasteiger partial charge in [0.1, 0.15) is 11.9 Å². The first-order valence-electron chi connectivity index (χ1n) is 9.30. The Morgan fingerprint density at radius 1 is 1.44 bits per heavy atom. The number of guanidine groups is 1. The SMILES string of the molecule is CN=C(NCCc1cc(C)ccc1OC)N1CCOC(c2cnn(C)c2)C1. The average Bonchev–Trinajstić information content (AvgIpc) is 3.12. The lowest BCUT2D eigenvalue weighted by molar-refractivity contribution is -0.00800. The molecule has 27 heavy (non-hydrogen) atoms. The van der Waals surface area contributed by atoms with Crippen molar-refractivity contribution >= 4 is 5.96 Å². The van der Waals surface area contributed by atoms with Gasteiger partial charge in [-0.25, -0.2) is 0 Å². The maximum Gasteiger partial charge on any atom is 0.193 e. The summed E-state index contributed by atoms with van der Waals surface area (Å²) < 4.78 is 13.2. The van der Waals surface area contributed by atoms with Crippen molar-refractivity contribution in [1.29, 1.82) is 0 Å². The maximum atomic E-state index is 5.93. The molecule has 0 spiro atoms. The number of ether oxygens (including phenoxy) is 2. The summed E-state index contributed by atoms with van der Waals surface area (Å²) in [4.78, 5) is 6.70. The van der Waals surface area contributed by atoms with Crippen molar-refractivity contribution in [3.63, 3.8) is 0 Å². The van der Waals surface area contributed by atoms with Gasteiger partial charge in [-0.3, -0.25) is 9.67 Å². The standard InChI is InChI=1S/C20H29N5O2/c1-15-5-6-18(26-4)16(11-15)7-8-22-20(21-2)25-9-10-27-19(14-25)17-12-23-24(3)13-17/h5-6,11-13,19H,7-10,14H2,1-4H3,(H,21,22). The van der Waals surface area contributed by atoms with Crippen molar-refractivity contribution in [2.75, 3.05) is 40.4 Å². The van der Waals surface area contributed by atoms with Crippen LogP contribution in [0.3, 0.4) is 0 Å². The first kappa shape index (κ1) is 19.2. The minimum Gasteiger partial charge on any atom is -0.496 e. The van der Waals surface area contributed by atoms with E-state index in [0.29, 0.717) is 6.61 Å². The molecule has 1 N–H and O–H groups in total. The highest BCUT2D eigenvalue weighted by atomic mass is 16.5. The molecule has 2 aromatic rings. The highest BCUT2D eigenvalue weighted by Crippen LogP contribution is 2.22.